The number of rotatable bonds is 4. The number of hydrogen-bond donors (Lipinski definition) is 1. The van der Waals surface area contributed by atoms with Gasteiger partial charge in [0.1, 0.15) is 0 Å². The Bertz CT molecular complexity index is 611. The Morgan fingerprint density at radius 2 is 2.00 bits per heavy atom. The van der Waals surface area contributed by atoms with Crippen molar-refractivity contribution in [1.82, 2.24) is 14.8 Å². The van der Waals surface area contributed by atoms with Crippen LogP contribution in [0.25, 0.3) is 5.82 Å². The van der Waals surface area contributed by atoms with Crippen LogP contribution in [-0.4, -0.2) is 20.8 Å². The van der Waals surface area contributed by atoms with Crippen molar-refractivity contribution in [2.24, 2.45) is 5.73 Å². The quantitative estimate of drug-likeness (QED) is 0.931. The lowest BCUT2D eigenvalue weighted by atomic mass is 10.1. The number of hydrogen-bond acceptors (Lipinski definition) is 3. The van der Waals surface area contributed by atoms with E-state index in [1.807, 2.05) is 17.8 Å². The lowest BCUT2D eigenvalue weighted by Gasteiger charge is -2.10. The minimum atomic E-state index is 0.155. The van der Waals surface area contributed by atoms with E-state index in [0.29, 0.717) is 0 Å². The Balaban J connectivity index is 2.43. The van der Waals surface area contributed by atoms with Gasteiger partial charge in [0.05, 0.1) is 5.69 Å². The number of nitrogens with two attached hydrogens (primary N) is 1. The maximum atomic E-state index is 5.84. The van der Waals surface area contributed by atoms with Gasteiger partial charge in [-0.25, -0.2) is 9.67 Å². The van der Waals surface area contributed by atoms with Crippen LogP contribution in [0.1, 0.15) is 41.9 Å². The number of pyridine rings is 1. The third-order valence-corrected chi connectivity index (χ3v) is 3.66. The molecule has 0 aliphatic heterocycles. The van der Waals surface area contributed by atoms with Crippen LogP contribution in [-0.2, 0) is 12.8 Å². The van der Waals surface area contributed by atoms with Gasteiger partial charge >= 0.3 is 0 Å². The first-order valence-corrected chi connectivity index (χ1v) is 7.20. The van der Waals surface area contributed by atoms with Crippen LogP contribution in [0.5, 0.6) is 0 Å². The maximum absolute atomic E-state index is 5.84. The average molecular weight is 272 g/mol. The second-order valence-electron chi connectivity index (χ2n) is 5.58. The minimum absolute atomic E-state index is 0.155. The summed E-state index contributed by atoms with van der Waals surface area (Å²) in [5, 5.41) is 4.63. The van der Waals surface area contributed by atoms with Gasteiger partial charge in [0.2, 0.25) is 0 Å². The maximum Gasteiger partial charge on any atom is 0.156 e. The second-order valence-corrected chi connectivity index (χ2v) is 5.58. The fraction of sp³-hybridized carbons (Fsp3) is 0.500. The molecule has 0 fully saturated rings. The van der Waals surface area contributed by atoms with E-state index in [1.54, 1.807) is 0 Å². The normalized spacial score (nSPS) is 12.7. The zero-order valence-corrected chi connectivity index (χ0v) is 13.1. The predicted molar refractivity (Wildman–Crippen MR) is 82.3 cm³/mol. The summed E-state index contributed by atoms with van der Waals surface area (Å²) in [5.74, 6) is 0.915. The molecular formula is C16H24N4. The molecule has 0 bridgehead atoms. The molecule has 2 rings (SSSR count). The first kappa shape index (κ1) is 14.7. The Kier molecular flexibility index (Phi) is 4.23. The number of aryl methyl sites for hydroxylation is 2. The molecule has 0 saturated carbocycles. The molecule has 20 heavy (non-hydrogen) atoms. The zero-order valence-electron chi connectivity index (χ0n) is 13.1. The fourth-order valence-corrected chi connectivity index (χ4v) is 2.72. The molecule has 1 unspecified atom stereocenters. The lowest BCUT2D eigenvalue weighted by Crippen LogP contribution is -2.18. The number of nitrogens with zero attached hydrogens (tertiary/aromatic N) is 3. The van der Waals surface area contributed by atoms with Crippen molar-refractivity contribution in [2.45, 2.75) is 53.5 Å². The molecule has 2 heterocycles. The Morgan fingerprint density at radius 1 is 1.30 bits per heavy atom. The molecule has 2 aromatic heterocycles. The molecular weight excluding hydrogens is 248 g/mol. The molecule has 0 aliphatic carbocycles. The highest BCUT2D eigenvalue weighted by atomic mass is 15.3. The summed E-state index contributed by atoms with van der Waals surface area (Å²) >= 11 is 0. The van der Waals surface area contributed by atoms with Crippen molar-refractivity contribution >= 4 is 0 Å². The molecule has 0 saturated heterocycles. The molecule has 0 radical (unpaired) electrons. The van der Waals surface area contributed by atoms with E-state index in [4.69, 9.17) is 5.73 Å². The smallest absolute Gasteiger partial charge is 0.156 e. The van der Waals surface area contributed by atoms with Crippen LogP contribution in [0.15, 0.2) is 12.3 Å². The highest BCUT2D eigenvalue weighted by Crippen LogP contribution is 2.20. The lowest BCUT2D eigenvalue weighted by molar-refractivity contribution is 0.730. The van der Waals surface area contributed by atoms with Gasteiger partial charge in [-0.3, -0.25) is 0 Å². The van der Waals surface area contributed by atoms with Gasteiger partial charge in [-0.2, -0.15) is 5.10 Å². The van der Waals surface area contributed by atoms with Gasteiger partial charge < -0.3 is 5.73 Å². The van der Waals surface area contributed by atoms with Gasteiger partial charge in [0.25, 0.3) is 0 Å². The summed E-state index contributed by atoms with van der Waals surface area (Å²) < 4.78 is 1.96. The first-order valence-electron chi connectivity index (χ1n) is 7.20. The molecule has 4 nitrogen and oxygen atoms in total. The average Bonchev–Trinajstić information content (AvgIpc) is 2.63. The Hall–Kier alpha value is -1.68. The highest BCUT2D eigenvalue weighted by molar-refractivity contribution is 5.39. The van der Waals surface area contributed by atoms with E-state index < -0.39 is 0 Å². The molecule has 1 atom stereocenters. The van der Waals surface area contributed by atoms with Crippen molar-refractivity contribution in [2.75, 3.05) is 0 Å². The summed E-state index contributed by atoms with van der Waals surface area (Å²) in [6.45, 7) is 10.4. The van der Waals surface area contributed by atoms with Crippen molar-refractivity contribution in [3.8, 4) is 5.82 Å². The van der Waals surface area contributed by atoms with Gasteiger partial charge in [0, 0.05) is 17.9 Å². The van der Waals surface area contributed by atoms with Gasteiger partial charge in [-0.05, 0) is 57.2 Å². The molecule has 0 aliphatic rings. The summed E-state index contributed by atoms with van der Waals surface area (Å²) in [6, 6.07) is 2.32. The van der Waals surface area contributed by atoms with Crippen molar-refractivity contribution in [1.29, 1.82) is 0 Å². The van der Waals surface area contributed by atoms with E-state index >= 15 is 0 Å². The predicted octanol–water partition coefficient (Wildman–Crippen LogP) is 2.64. The van der Waals surface area contributed by atoms with Crippen molar-refractivity contribution in [3.63, 3.8) is 0 Å². The number of aromatic nitrogens is 3. The van der Waals surface area contributed by atoms with Crippen molar-refractivity contribution in [3.05, 3.63) is 40.3 Å². The molecule has 4 heteroatoms. The van der Waals surface area contributed by atoms with Crippen molar-refractivity contribution < 1.29 is 0 Å². The van der Waals surface area contributed by atoms with Crippen LogP contribution in [0.2, 0.25) is 0 Å². The van der Waals surface area contributed by atoms with Gasteiger partial charge in [-0.15, -0.1) is 0 Å². The zero-order chi connectivity index (χ0) is 14.9. The topological polar surface area (TPSA) is 56.7 Å². The largest absolute Gasteiger partial charge is 0.328 e. The van der Waals surface area contributed by atoms with Crippen LogP contribution < -0.4 is 5.73 Å². The van der Waals surface area contributed by atoms with Crippen LogP contribution in [0, 0.1) is 20.8 Å². The summed E-state index contributed by atoms with van der Waals surface area (Å²) in [4.78, 5) is 4.60. The van der Waals surface area contributed by atoms with Crippen LogP contribution in [0.4, 0.5) is 0 Å². The molecule has 2 N–H and O–H groups in total. The second kappa shape index (κ2) is 5.75. The Morgan fingerprint density at radius 3 is 2.50 bits per heavy atom. The van der Waals surface area contributed by atoms with Gasteiger partial charge in [-0.1, -0.05) is 13.0 Å². The summed E-state index contributed by atoms with van der Waals surface area (Å²) in [5.41, 5.74) is 11.7. The van der Waals surface area contributed by atoms with Crippen LogP contribution in [0.3, 0.4) is 0 Å². The minimum Gasteiger partial charge on any atom is -0.328 e. The van der Waals surface area contributed by atoms with E-state index in [2.05, 4.69) is 43.8 Å². The molecule has 0 aromatic carbocycles. The van der Waals surface area contributed by atoms with E-state index in [1.165, 1.54) is 16.8 Å². The van der Waals surface area contributed by atoms with E-state index in [-0.39, 0.29) is 6.04 Å². The third-order valence-electron chi connectivity index (χ3n) is 3.66. The third kappa shape index (κ3) is 2.75. The summed E-state index contributed by atoms with van der Waals surface area (Å²) in [6.07, 6.45) is 3.76. The molecule has 0 spiro atoms. The molecule has 0 amide bonds. The van der Waals surface area contributed by atoms with E-state index in [0.717, 1.165) is 29.9 Å². The summed E-state index contributed by atoms with van der Waals surface area (Å²) in [7, 11) is 0. The monoisotopic (exact) mass is 272 g/mol. The Labute approximate surface area is 121 Å². The molecule has 2 aromatic rings. The SMILES string of the molecule is CCc1c(C)nn(-c2ncc(CC(C)N)cc2C)c1C. The standard InChI is InChI=1S/C16H24N4/c1-6-15-12(4)19-20(13(15)5)16-10(2)7-14(9-18-16)8-11(3)17/h7,9,11H,6,8,17H2,1-5H3. The molecule has 108 valence electrons. The van der Waals surface area contributed by atoms with Gasteiger partial charge in [0.15, 0.2) is 5.82 Å². The van der Waals surface area contributed by atoms with Crippen LogP contribution >= 0.6 is 0 Å². The first-order chi connectivity index (χ1) is 9.43. The van der Waals surface area contributed by atoms with E-state index in [9.17, 15) is 0 Å². The highest BCUT2D eigenvalue weighted by Gasteiger charge is 2.14. The fourth-order valence-electron chi connectivity index (χ4n) is 2.72.